The number of hydrogen-bond donors (Lipinski definition) is 2. The molecule has 2 N–H and O–H groups in total. The molecule has 9 nitrogen and oxygen atoms in total. The number of piperazine rings is 1. The molecule has 0 atom stereocenters. The quantitative estimate of drug-likeness (QED) is 0.689. The molecule has 0 aliphatic carbocycles. The summed E-state index contributed by atoms with van der Waals surface area (Å²) in [5, 5.41) is 20.5. The van der Waals surface area contributed by atoms with E-state index in [-0.39, 0.29) is 6.09 Å². The van der Waals surface area contributed by atoms with Crippen molar-refractivity contribution in [2.45, 2.75) is 65.3 Å². The van der Waals surface area contributed by atoms with Crippen LogP contribution in [-0.2, 0) is 9.39 Å². The van der Waals surface area contributed by atoms with Crippen molar-refractivity contribution in [3.05, 3.63) is 12.4 Å². The molecule has 2 heterocycles. The Morgan fingerprint density at radius 3 is 2.00 bits per heavy atom. The average molecular weight is 408 g/mol. The van der Waals surface area contributed by atoms with Crippen molar-refractivity contribution >= 4 is 24.6 Å². The van der Waals surface area contributed by atoms with E-state index < -0.39 is 23.9 Å². The Morgan fingerprint density at radius 2 is 1.55 bits per heavy atom. The molecule has 0 saturated carbocycles. The van der Waals surface area contributed by atoms with E-state index in [0.29, 0.717) is 37.6 Å². The van der Waals surface area contributed by atoms with E-state index in [2.05, 4.69) is 9.97 Å². The molecule has 1 aliphatic rings. The predicted octanol–water partition coefficient (Wildman–Crippen LogP) is 0.787. The highest BCUT2D eigenvalue weighted by Gasteiger charge is 2.39. The van der Waals surface area contributed by atoms with E-state index >= 15 is 0 Å². The number of aliphatic hydroxyl groups is 1. The van der Waals surface area contributed by atoms with Crippen LogP contribution >= 0.6 is 0 Å². The van der Waals surface area contributed by atoms with E-state index in [1.807, 2.05) is 25.7 Å². The summed E-state index contributed by atoms with van der Waals surface area (Å²) < 4.78 is 11.0. The third kappa shape index (κ3) is 6.29. The van der Waals surface area contributed by atoms with E-state index in [1.165, 1.54) is 12.4 Å². The summed E-state index contributed by atoms with van der Waals surface area (Å²) in [6.07, 6.45) is 2.70. The van der Waals surface area contributed by atoms with Crippen LogP contribution in [0, 0.1) is 0 Å². The van der Waals surface area contributed by atoms with Gasteiger partial charge in [0.15, 0.2) is 0 Å². The highest BCUT2D eigenvalue weighted by atomic mass is 16.6. The Kier molecular flexibility index (Phi) is 6.81. The molecule has 0 radical (unpaired) electrons. The van der Waals surface area contributed by atoms with Crippen LogP contribution in [0.25, 0.3) is 0 Å². The van der Waals surface area contributed by atoms with Crippen molar-refractivity contribution in [2.75, 3.05) is 31.1 Å². The molecule has 0 spiro atoms. The molecule has 0 unspecified atom stereocenters. The van der Waals surface area contributed by atoms with Gasteiger partial charge in [0.25, 0.3) is 0 Å². The average Bonchev–Trinajstić information content (AvgIpc) is 2.59. The van der Waals surface area contributed by atoms with Gasteiger partial charge in [0.1, 0.15) is 5.60 Å². The van der Waals surface area contributed by atoms with Crippen LogP contribution < -0.4 is 10.4 Å². The van der Waals surface area contributed by atoms with Crippen molar-refractivity contribution < 1.29 is 24.3 Å². The van der Waals surface area contributed by atoms with Gasteiger partial charge in [0.05, 0.1) is 11.2 Å². The first-order chi connectivity index (χ1) is 13.2. The van der Waals surface area contributed by atoms with Gasteiger partial charge in [-0.3, -0.25) is 0 Å². The van der Waals surface area contributed by atoms with E-state index in [1.54, 1.807) is 32.6 Å². The van der Waals surface area contributed by atoms with Crippen molar-refractivity contribution in [3.8, 4) is 0 Å². The molecule has 1 aromatic heterocycles. The zero-order valence-electron chi connectivity index (χ0n) is 18.5. The first kappa shape index (κ1) is 23.4. The normalized spacial score (nSPS) is 16.0. The number of carbonyl (C=O) groups excluding carboxylic acids is 1. The second kappa shape index (κ2) is 8.45. The molecule has 162 valence electrons. The number of amides is 1. The summed E-state index contributed by atoms with van der Waals surface area (Å²) >= 11 is 0. The molecule has 1 saturated heterocycles. The lowest BCUT2D eigenvalue weighted by Gasteiger charge is -2.38. The summed E-state index contributed by atoms with van der Waals surface area (Å²) in [6.45, 7) is 14.4. The maximum absolute atomic E-state index is 12.2. The monoisotopic (exact) mass is 408 g/mol. The molecule has 29 heavy (non-hydrogen) atoms. The molecular formula is C19H33BN4O5. The number of rotatable bonds is 5. The van der Waals surface area contributed by atoms with Crippen LogP contribution in [0.3, 0.4) is 0 Å². The lowest BCUT2D eigenvalue weighted by atomic mass is 9.78. The van der Waals surface area contributed by atoms with Gasteiger partial charge in [-0.2, -0.15) is 0 Å². The predicted molar refractivity (Wildman–Crippen MR) is 111 cm³/mol. The van der Waals surface area contributed by atoms with Crippen LogP contribution in [0.2, 0.25) is 0 Å². The largest absolute Gasteiger partial charge is 0.494 e. The van der Waals surface area contributed by atoms with Gasteiger partial charge >= 0.3 is 13.2 Å². The Balaban J connectivity index is 1.94. The van der Waals surface area contributed by atoms with Crippen molar-refractivity contribution in [3.63, 3.8) is 0 Å². The fourth-order valence-corrected chi connectivity index (χ4v) is 2.53. The third-order valence-electron chi connectivity index (χ3n) is 5.04. The molecular weight excluding hydrogens is 375 g/mol. The third-order valence-corrected chi connectivity index (χ3v) is 5.04. The molecule has 1 fully saturated rings. The lowest BCUT2D eigenvalue weighted by molar-refractivity contribution is -0.0982. The minimum absolute atomic E-state index is 0.317. The maximum atomic E-state index is 12.2. The van der Waals surface area contributed by atoms with Gasteiger partial charge in [-0.1, -0.05) is 0 Å². The zero-order valence-corrected chi connectivity index (χ0v) is 18.5. The van der Waals surface area contributed by atoms with Crippen LogP contribution in [0.4, 0.5) is 10.7 Å². The van der Waals surface area contributed by atoms with Crippen molar-refractivity contribution in [1.82, 2.24) is 14.9 Å². The van der Waals surface area contributed by atoms with Gasteiger partial charge in [0, 0.05) is 44.0 Å². The number of hydrogen-bond acceptors (Lipinski definition) is 8. The Morgan fingerprint density at radius 1 is 1.03 bits per heavy atom. The lowest BCUT2D eigenvalue weighted by Crippen LogP contribution is -2.53. The van der Waals surface area contributed by atoms with Gasteiger partial charge in [-0.25, -0.2) is 14.8 Å². The van der Waals surface area contributed by atoms with E-state index in [4.69, 9.17) is 9.39 Å². The summed E-state index contributed by atoms with van der Waals surface area (Å²) in [5.41, 5.74) is -2.22. The zero-order chi connectivity index (χ0) is 22.0. The summed E-state index contributed by atoms with van der Waals surface area (Å²) in [7, 11) is -1.26. The Hall–Kier alpha value is -1.91. The van der Waals surface area contributed by atoms with Gasteiger partial charge < -0.3 is 29.3 Å². The van der Waals surface area contributed by atoms with Crippen molar-refractivity contribution in [2.24, 2.45) is 0 Å². The standard InChI is InChI=1S/C19H33BN4O5/c1-17(2,3)28-16(25)24-10-8-23(9-11-24)15-21-12-14(13-22-15)20(27)29-19(6,7)18(4,5)26/h12-13,26-27H,8-11H2,1-7H3. The van der Waals surface area contributed by atoms with Crippen LogP contribution in [0.5, 0.6) is 0 Å². The smallest absolute Gasteiger partial charge is 0.444 e. The topological polar surface area (TPSA) is 108 Å². The van der Waals surface area contributed by atoms with Gasteiger partial charge in [0.2, 0.25) is 5.95 Å². The summed E-state index contributed by atoms with van der Waals surface area (Å²) in [6, 6.07) is 0. The molecule has 1 aromatic rings. The first-order valence-electron chi connectivity index (χ1n) is 9.83. The number of ether oxygens (including phenoxy) is 1. The molecule has 1 aliphatic heterocycles. The van der Waals surface area contributed by atoms with Crippen molar-refractivity contribution in [1.29, 1.82) is 0 Å². The molecule has 0 bridgehead atoms. The highest BCUT2D eigenvalue weighted by Crippen LogP contribution is 2.25. The number of anilines is 1. The minimum atomic E-state index is -1.26. The second-order valence-electron chi connectivity index (χ2n) is 9.31. The molecule has 2 rings (SSSR count). The van der Waals surface area contributed by atoms with Gasteiger partial charge in [-0.15, -0.1) is 0 Å². The van der Waals surface area contributed by atoms with Crippen LogP contribution in [0.15, 0.2) is 12.4 Å². The SMILES string of the molecule is CC(C)(C)OC(=O)N1CCN(c2ncc(B(O)OC(C)(C)C(C)(C)O)cn2)CC1. The maximum Gasteiger partial charge on any atom is 0.494 e. The number of carbonyl (C=O) groups is 1. The number of aromatic nitrogens is 2. The highest BCUT2D eigenvalue weighted by molar-refractivity contribution is 6.59. The fraction of sp³-hybridized carbons (Fsp3) is 0.737. The van der Waals surface area contributed by atoms with Crippen LogP contribution in [-0.4, -0.2) is 81.2 Å². The second-order valence-corrected chi connectivity index (χ2v) is 9.31. The Labute approximate surface area is 173 Å². The first-order valence-corrected chi connectivity index (χ1v) is 9.83. The van der Waals surface area contributed by atoms with Crippen LogP contribution in [0.1, 0.15) is 48.5 Å². The number of nitrogens with zero attached hydrogens (tertiary/aromatic N) is 4. The Bertz CT molecular complexity index is 692. The molecule has 1 amide bonds. The molecule has 0 aromatic carbocycles. The summed E-state index contributed by atoms with van der Waals surface area (Å²) in [4.78, 5) is 24.4. The van der Waals surface area contributed by atoms with E-state index in [0.717, 1.165) is 0 Å². The van der Waals surface area contributed by atoms with Gasteiger partial charge in [-0.05, 0) is 48.5 Å². The minimum Gasteiger partial charge on any atom is -0.444 e. The van der Waals surface area contributed by atoms with E-state index in [9.17, 15) is 14.9 Å². The molecule has 10 heteroatoms. The summed E-state index contributed by atoms with van der Waals surface area (Å²) in [5.74, 6) is 0.520. The fourth-order valence-electron chi connectivity index (χ4n) is 2.53.